The fourth-order valence-electron chi connectivity index (χ4n) is 2.43. The summed E-state index contributed by atoms with van der Waals surface area (Å²) in [4.78, 5) is 2.40. The van der Waals surface area contributed by atoms with Gasteiger partial charge in [-0.1, -0.05) is 5.16 Å². The molecule has 0 radical (unpaired) electrons. The van der Waals surface area contributed by atoms with Gasteiger partial charge in [0.05, 0.1) is 5.69 Å². The van der Waals surface area contributed by atoms with Crippen LogP contribution in [0.5, 0.6) is 0 Å². The normalized spacial score (nSPS) is 22.5. The Morgan fingerprint density at radius 1 is 1.62 bits per heavy atom. The van der Waals surface area contributed by atoms with Crippen LogP contribution in [-0.2, 0) is 6.54 Å². The average Bonchev–Trinajstić information content (AvgIpc) is 2.65. The van der Waals surface area contributed by atoms with Gasteiger partial charge in [-0.3, -0.25) is 4.90 Å². The summed E-state index contributed by atoms with van der Waals surface area (Å²) in [6.07, 6.45) is 3.39. The van der Waals surface area contributed by atoms with Crippen molar-refractivity contribution in [3.05, 3.63) is 17.5 Å². The molecule has 0 saturated carbocycles. The van der Waals surface area contributed by atoms with Crippen LogP contribution in [0.3, 0.4) is 0 Å². The molecule has 1 aliphatic heterocycles. The van der Waals surface area contributed by atoms with E-state index in [0.717, 1.165) is 37.5 Å². The van der Waals surface area contributed by atoms with Crippen LogP contribution >= 0.6 is 0 Å². The van der Waals surface area contributed by atoms with Crippen molar-refractivity contribution in [2.24, 2.45) is 5.92 Å². The van der Waals surface area contributed by atoms with Gasteiger partial charge >= 0.3 is 0 Å². The van der Waals surface area contributed by atoms with Gasteiger partial charge in [0.25, 0.3) is 0 Å². The van der Waals surface area contributed by atoms with E-state index in [1.54, 1.807) is 0 Å². The molecule has 1 atom stereocenters. The van der Waals surface area contributed by atoms with Crippen LogP contribution in [0.15, 0.2) is 10.6 Å². The minimum absolute atomic E-state index is 0.307. The highest BCUT2D eigenvalue weighted by atomic mass is 16.5. The van der Waals surface area contributed by atoms with Gasteiger partial charge in [-0.25, -0.2) is 0 Å². The molecule has 1 aliphatic rings. The third-order valence-corrected chi connectivity index (χ3v) is 3.20. The van der Waals surface area contributed by atoms with Crippen molar-refractivity contribution < 1.29 is 9.63 Å². The predicted octanol–water partition coefficient (Wildman–Crippen LogP) is 1.58. The minimum Gasteiger partial charge on any atom is -0.396 e. The maximum atomic E-state index is 8.95. The van der Waals surface area contributed by atoms with E-state index < -0.39 is 0 Å². The molecule has 0 bridgehead atoms. The van der Waals surface area contributed by atoms with E-state index in [1.807, 2.05) is 13.0 Å². The van der Waals surface area contributed by atoms with Gasteiger partial charge in [-0.15, -0.1) is 0 Å². The number of rotatable bonds is 4. The monoisotopic (exact) mass is 224 g/mol. The van der Waals surface area contributed by atoms with Crippen LogP contribution in [-0.4, -0.2) is 34.9 Å². The maximum absolute atomic E-state index is 8.95. The van der Waals surface area contributed by atoms with Crippen LogP contribution in [0, 0.1) is 12.8 Å². The fraction of sp³-hybridized carbons (Fsp3) is 0.750. The second-order valence-electron chi connectivity index (χ2n) is 4.68. The number of aliphatic hydroxyl groups is 1. The van der Waals surface area contributed by atoms with E-state index in [2.05, 4.69) is 10.1 Å². The molecule has 90 valence electrons. The van der Waals surface area contributed by atoms with Gasteiger partial charge in [-0.05, 0) is 38.6 Å². The lowest BCUT2D eigenvalue weighted by Crippen LogP contribution is -2.35. The highest BCUT2D eigenvalue weighted by molar-refractivity contribution is 5.03. The SMILES string of the molecule is Cc1cc(CN2CCCC(CCO)C2)no1. The Kier molecular flexibility index (Phi) is 3.96. The first kappa shape index (κ1) is 11.6. The molecule has 1 aromatic heterocycles. The zero-order valence-corrected chi connectivity index (χ0v) is 9.85. The van der Waals surface area contributed by atoms with Gasteiger partial charge in [0.2, 0.25) is 0 Å². The topological polar surface area (TPSA) is 49.5 Å². The van der Waals surface area contributed by atoms with Crippen LogP contribution in [0.25, 0.3) is 0 Å². The molecule has 1 fully saturated rings. The van der Waals surface area contributed by atoms with Gasteiger partial charge in [0, 0.05) is 25.8 Å². The highest BCUT2D eigenvalue weighted by Gasteiger charge is 2.20. The van der Waals surface area contributed by atoms with Crippen molar-refractivity contribution in [1.29, 1.82) is 0 Å². The fourth-order valence-corrected chi connectivity index (χ4v) is 2.43. The largest absolute Gasteiger partial charge is 0.396 e. The van der Waals surface area contributed by atoms with Crippen LogP contribution in [0.2, 0.25) is 0 Å². The Bertz CT molecular complexity index is 323. The lowest BCUT2D eigenvalue weighted by Gasteiger charge is -2.31. The maximum Gasteiger partial charge on any atom is 0.133 e. The van der Waals surface area contributed by atoms with E-state index in [0.29, 0.717) is 12.5 Å². The third kappa shape index (κ3) is 3.06. The Hall–Kier alpha value is -0.870. The summed E-state index contributed by atoms with van der Waals surface area (Å²) in [6.45, 7) is 5.31. The van der Waals surface area contributed by atoms with E-state index >= 15 is 0 Å². The van der Waals surface area contributed by atoms with E-state index in [9.17, 15) is 0 Å². The quantitative estimate of drug-likeness (QED) is 0.843. The zero-order chi connectivity index (χ0) is 11.4. The summed E-state index contributed by atoms with van der Waals surface area (Å²) >= 11 is 0. The molecule has 4 nitrogen and oxygen atoms in total. The van der Waals surface area contributed by atoms with Crippen molar-refractivity contribution in [2.45, 2.75) is 32.7 Å². The standard InChI is InChI=1S/C12H20N2O2/c1-10-7-12(13-16-10)9-14-5-2-3-11(8-14)4-6-15/h7,11,15H,2-6,8-9H2,1H3. The molecule has 2 heterocycles. The lowest BCUT2D eigenvalue weighted by molar-refractivity contribution is 0.140. The Morgan fingerprint density at radius 3 is 3.19 bits per heavy atom. The molecule has 0 aromatic carbocycles. The van der Waals surface area contributed by atoms with Gasteiger partial charge in [0.1, 0.15) is 5.76 Å². The van der Waals surface area contributed by atoms with Gasteiger partial charge < -0.3 is 9.63 Å². The summed E-state index contributed by atoms with van der Waals surface area (Å²) in [7, 11) is 0. The number of hydrogen-bond donors (Lipinski definition) is 1. The molecule has 16 heavy (non-hydrogen) atoms. The lowest BCUT2D eigenvalue weighted by atomic mass is 9.95. The van der Waals surface area contributed by atoms with E-state index in [1.165, 1.54) is 12.8 Å². The zero-order valence-electron chi connectivity index (χ0n) is 9.85. The first-order valence-electron chi connectivity index (χ1n) is 6.03. The summed E-state index contributed by atoms with van der Waals surface area (Å²) in [6, 6.07) is 2.00. The number of piperidine rings is 1. The molecule has 0 aliphatic carbocycles. The molecular weight excluding hydrogens is 204 g/mol. The molecular formula is C12H20N2O2. The molecule has 0 amide bonds. The number of hydrogen-bond acceptors (Lipinski definition) is 4. The number of aromatic nitrogens is 1. The number of aliphatic hydroxyl groups excluding tert-OH is 1. The van der Waals surface area contributed by atoms with E-state index in [-0.39, 0.29) is 0 Å². The van der Waals surface area contributed by atoms with E-state index in [4.69, 9.17) is 9.63 Å². The molecule has 2 rings (SSSR count). The van der Waals surface area contributed by atoms with Crippen molar-refractivity contribution in [1.82, 2.24) is 10.1 Å². The van der Waals surface area contributed by atoms with Crippen molar-refractivity contribution >= 4 is 0 Å². The van der Waals surface area contributed by atoms with Crippen molar-refractivity contribution in [3.8, 4) is 0 Å². The first-order valence-corrected chi connectivity index (χ1v) is 6.03. The van der Waals surface area contributed by atoms with Crippen LogP contribution in [0.1, 0.15) is 30.7 Å². The Morgan fingerprint density at radius 2 is 2.50 bits per heavy atom. The molecule has 4 heteroatoms. The Balaban J connectivity index is 1.85. The Labute approximate surface area is 96.2 Å². The highest BCUT2D eigenvalue weighted by Crippen LogP contribution is 2.20. The predicted molar refractivity (Wildman–Crippen MR) is 60.9 cm³/mol. The summed E-state index contributed by atoms with van der Waals surface area (Å²) in [5.74, 6) is 1.52. The molecule has 1 saturated heterocycles. The van der Waals surface area contributed by atoms with Crippen molar-refractivity contribution in [2.75, 3.05) is 19.7 Å². The summed E-state index contributed by atoms with van der Waals surface area (Å²) < 4.78 is 5.06. The second kappa shape index (κ2) is 5.46. The summed E-state index contributed by atoms with van der Waals surface area (Å²) in [5, 5.41) is 13.0. The van der Waals surface area contributed by atoms with Crippen LogP contribution < -0.4 is 0 Å². The molecule has 1 N–H and O–H groups in total. The number of aryl methyl sites for hydroxylation is 1. The molecule has 1 aromatic rings. The van der Waals surface area contributed by atoms with Crippen LogP contribution in [0.4, 0.5) is 0 Å². The first-order chi connectivity index (χ1) is 7.78. The summed E-state index contributed by atoms with van der Waals surface area (Å²) in [5.41, 5.74) is 1.02. The third-order valence-electron chi connectivity index (χ3n) is 3.20. The second-order valence-corrected chi connectivity index (χ2v) is 4.68. The average molecular weight is 224 g/mol. The molecule has 1 unspecified atom stereocenters. The molecule has 0 spiro atoms. The minimum atomic E-state index is 0.307. The van der Waals surface area contributed by atoms with Gasteiger partial charge in [0.15, 0.2) is 0 Å². The van der Waals surface area contributed by atoms with Crippen molar-refractivity contribution in [3.63, 3.8) is 0 Å². The van der Waals surface area contributed by atoms with Gasteiger partial charge in [-0.2, -0.15) is 0 Å². The smallest absolute Gasteiger partial charge is 0.133 e. The number of nitrogens with zero attached hydrogens (tertiary/aromatic N) is 2. The number of likely N-dealkylation sites (tertiary alicyclic amines) is 1.